The van der Waals surface area contributed by atoms with Crippen molar-refractivity contribution in [2.24, 2.45) is 7.05 Å². The maximum atomic E-state index is 11.8. The molecule has 112 valence electrons. The standard InChI is InChI=1S/C13H21BrN4O2/c1-4-18(5-2)11(19)7-6-8-15-10-9-16-17(3)13(20)12(10)14/h9,15H,4-8H2,1-3H3. The van der Waals surface area contributed by atoms with Crippen LogP contribution in [0.25, 0.3) is 0 Å². The number of hydrogen-bond acceptors (Lipinski definition) is 4. The van der Waals surface area contributed by atoms with Crippen LogP contribution in [0.5, 0.6) is 0 Å². The van der Waals surface area contributed by atoms with Crippen LogP contribution in [0.3, 0.4) is 0 Å². The van der Waals surface area contributed by atoms with Gasteiger partial charge in [0, 0.05) is 33.1 Å². The van der Waals surface area contributed by atoms with Gasteiger partial charge in [-0.3, -0.25) is 9.59 Å². The van der Waals surface area contributed by atoms with Crippen molar-refractivity contribution in [2.45, 2.75) is 26.7 Å². The highest BCUT2D eigenvalue weighted by Crippen LogP contribution is 2.15. The number of hydrogen-bond donors (Lipinski definition) is 1. The van der Waals surface area contributed by atoms with Gasteiger partial charge < -0.3 is 10.2 Å². The smallest absolute Gasteiger partial charge is 0.282 e. The average Bonchev–Trinajstić information content (AvgIpc) is 2.44. The number of aryl methyl sites for hydroxylation is 1. The summed E-state index contributed by atoms with van der Waals surface area (Å²) in [6, 6.07) is 0. The lowest BCUT2D eigenvalue weighted by molar-refractivity contribution is -0.130. The summed E-state index contributed by atoms with van der Waals surface area (Å²) in [5.74, 6) is 0.165. The molecule has 0 aliphatic carbocycles. The molecule has 1 aromatic heterocycles. The maximum Gasteiger partial charge on any atom is 0.282 e. The van der Waals surface area contributed by atoms with Gasteiger partial charge in [-0.15, -0.1) is 0 Å². The van der Waals surface area contributed by atoms with Gasteiger partial charge in [-0.05, 0) is 36.2 Å². The van der Waals surface area contributed by atoms with E-state index in [1.807, 2.05) is 18.7 Å². The summed E-state index contributed by atoms with van der Waals surface area (Å²) in [6.07, 6.45) is 2.82. The Hall–Kier alpha value is -1.37. The van der Waals surface area contributed by atoms with Crippen molar-refractivity contribution in [3.63, 3.8) is 0 Å². The first-order chi connectivity index (χ1) is 9.51. The number of aromatic nitrogens is 2. The molecule has 20 heavy (non-hydrogen) atoms. The summed E-state index contributed by atoms with van der Waals surface area (Å²) < 4.78 is 1.73. The number of carbonyl (C=O) groups excluding carboxylic acids is 1. The molecule has 1 amide bonds. The summed E-state index contributed by atoms with van der Waals surface area (Å²) in [5.41, 5.74) is 0.470. The Labute approximate surface area is 127 Å². The molecule has 0 aliphatic heterocycles. The van der Waals surface area contributed by atoms with E-state index >= 15 is 0 Å². The van der Waals surface area contributed by atoms with Crippen molar-refractivity contribution in [3.05, 3.63) is 21.0 Å². The van der Waals surface area contributed by atoms with E-state index in [2.05, 4.69) is 26.3 Å². The fourth-order valence-corrected chi connectivity index (χ4v) is 2.33. The van der Waals surface area contributed by atoms with Crippen LogP contribution in [-0.2, 0) is 11.8 Å². The minimum Gasteiger partial charge on any atom is -0.383 e. The third-order valence-electron chi connectivity index (χ3n) is 3.08. The minimum atomic E-state index is -0.186. The molecule has 7 heteroatoms. The molecule has 0 aliphatic rings. The molecule has 0 saturated heterocycles. The van der Waals surface area contributed by atoms with Crippen LogP contribution in [0.1, 0.15) is 26.7 Å². The van der Waals surface area contributed by atoms with Crippen LogP contribution in [0.2, 0.25) is 0 Å². The fraction of sp³-hybridized carbons (Fsp3) is 0.615. The van der Waals surface area contributed by atoms with Crippen LogP contribution in [-0.4, -0.2) is 40.2 Å². The highest BCUT2D eigenvalue weighted by Gasteiger charge is 2.09. The number of anilines is 1. The van der Waals surface area contributed by atoms with E-state index in [-0.39, 0.29) is 11.5 Å². The van der Waals surface area contributed by atoms with Gasteiger partial charge in [0.25, 0.3) is 5.56 Å². The quantitative estimate of drug-likeness (QED) is 0.763. The van der Waals surface area contributed by atoms with Gasteiger partial charge in [0.05, 0.1) is 11.9 Å². The first-order valence-electron chi connectivity index (χ1n) is 6.74. The van der Waals surface area contributed by atoms with Crippen molar-refractivity contribution in [2.75, 3.05) is 25.0 Å². The predicted molar refractivity (Wildman–Crippen MR) is 82.8 cm³/mol. The molecule has 0 fully saturated rings. The van der Waals surface area contributed by atoms with Crippen LogP contribution in [0, 0.1) is 0 Å². The van der Waals surface area contributed by atoms with Crippen molar-refractivity contribution in [3.8, 4) is 0 Å². The fourth-order valence-electron chi connectivity index (χ4n) is 1.83. The predicted octanol–water partition coefficient (Wildman–Crippen LogP) is 1.60. The second-order valence-corrected chi connectivity index (χ2v) is 5.19. The largest absolute Gasteiger partial charge is 0.383 e. The zero-order valence-corrected chi connectivity index (χ0v) is 13.7. The second-order valence-electron chi connectivity index (χ2n) is 4.40. The van der Waals surface area contributed by atoms with Crippen LogP contribution in [0.15, 0.2) is 15.5 Å². The minimum absolute atomic E-state index is 0.165. The number of halogens is 1. The maximum absolute atomic E-state index is 11.8. The van der Waals surface area contributed by atoms with Crippen LogP contribution >= 0.6 is 15.9 Å². The highest BCUT2D eigenvalue weighted by molar-refractivity contribution is 9.10. The van der Waals surface area contributed by atoms with Crippen molar-refractivity contribution >= 4 is 27.5 Å². The number of nitrogens with zero attached hydrogens (tertiary/aromatic N) is 3. The van der Waals surface area contributed by atoms with Crippen molar-refractivity contribution in [1.82, 2.24) is 14.7 Å². The zero-order chi connectivity index (χ0) is 15.1. The zero-order valence-electron chi connectivity index (χ0n) is 12.1. The molecule has 1 rings (SSSR count). The molecule has 0 bridgehead atoms. The van der Waals surface area contributed by atoms with Crippen molar-refractivity contribution < 1.29 is 4.79 Å². The molecule has 0 spiro atoms. The second kappa shape index (κ2) is 8.04. The van der Waals surface area contributed by atoms with Gasteiger partial charge in [0.15, 0.2) is 0 Å². The van der Waals surface area contributed by atoms with E-state index in [0.717, 1.165) is 19.5 Å². The van der Waals surface area contributed by atoms with Gasteiger partial charge in [0.2, 0.25) is 5.91 Å². The van der Waals surface area contributed by atoms with Gasteiger partial charge in [-0.2, -0.15) is 5.10 Å². The third kappa shape index (κ3) is 4.33. The third-order valence-corrected chi connectivity index (χ3v) is 3.84. The summed E-state index contributed by atoms with van der Waals surface area (Å²) in [7, 11) is 1.60. The van der Waals surface area contributed by atoms with Crippen molar-refractivity contribution in [1.29, 1.82) is 0 Å². The Morgan fingerprint density at radius 1 is 1.45 bits per heavy atom. The molecular weight excluding hydrogens is 324 g/mol. The first kappa shape index (κ1) is 16.7. The van der Waals surface area contributed by atoms with E-state index in [9.17, 15) is 9.59 Å². The van der Waals surface area contributed by atoms with E-state index < -0.39 is 0 Å². The van der Waals surface area contributed by atoms with E-state index in [0.29, 0.717) is 23.1 Å². The molecule has 0 radical (unpaired) electrons. The van der Waals surface area contributed by atoms with Gasteiger partial charge in [-0.1, -0.05) is 0 Å². The molecule has 0 saturated carbocycles. The molecule has 6 nitrogen and oxygen atoms in total. The Morgan fingerprint density at radius 3 is 2.70 bits per heavy atom. The molecule has 0 aromatic carbocycles. The summed E-state index contributed by atoms with van der Waals surface area (Å²) in [6.45, 7) is 6.06. The summed E-state index contributed by atoms with van der Waals surface area (Å²) in [5, 5.41) is 7.06. The Morgan fingerprint density at radius 2 is 2.10 bits per heavy atom. The molecular formula is C13H21BrN4O2. The molecule has 0 unspecified atom stereocenters. The lowest BCUT2D eigenvalue weighted by Gasteiger charge is -2.18. The lowest BCUT2D eigenvalue weighted by Crippen LogP contribution is -2.30. The molecule has 0 atom stereocenters. The lowest BCUT2D eigenvalue weighted by atomic mass is 10.2. The van der Waals surface area contributed by atoms with Crippen LogP contribution < -0.4 is 10.9 Å². The Kier molecular flexibility index (Phi) is 6.70. The highest BCUT2D eigenvalue weighted by atomic mass is 79.9. The normalized spacial score (nSPS) is 10.4. The molecule has 1 N–H and O–H groups in total. The first-order valence-corrected chi connectivity index (χ1v) is 7.54. The van der Waals surface area contributed by atoms with Gasteiger partial charge in [0.1, 0.15) is 4.47 Å². The van der Waals surface area contributed by atoms with Crippen LogP contribution in [0.4, 0.5) is 5.69 Å². The summed E-state index contributed by atoms with van der Waals surface area (Å²) >= 11 is 3.25. The molecule has 1 heterocycles. The monoisotopic (exact) mass is 344 g/mol. The van der Waals surface area contributed by atoms with E-state index in [1.165, 1.54) is 4.68 Å². The average molecular weight is 345 g/mol. The summed E-state index contributed by atoms with van der Waals surface area (Å²) in [4.78, 5) is 25.3. The Balaban J connectivity index is 2.44. The number of rotatable bonds is 7. The van der Waals surface area contributed by atoms with Gasteiger partial charge in [-0.25, -0.2) is 4.68 Å². The SMILES string of the molecule is CCN(CC)C(=O)CCCNc1cnn(C)c(=O)c1Br. The Bertz CT molecular complexity index is 512. The molecule has 1 aromatic rings. The number of nitrogens with one attached hydrogen (secondary N) is 1. The number of carbonyl (C=O) groups is 1. The number of amides is 1. The van der Waals surface area contributed by atoms with E-state index in [1.54, 1.807) is 13.2 Å². The topological polar surface area (TPSA) is 67.2 Å². The van der Waals surface area contributed by atoms with E-state index in [4.69, 9.17) is 0 Å². The van der Waals surface area contributed by atoms with Gasteiger partial charge >= 0.3 is 0 Å².